The van der Waals surface area contributed by atoms with Gasteiger partial charge in [-0.25, -0.2) is 9.59 Å². The fourth-order valence-electron chi connectivity index (χ4n) is 3.09. The summed E-state index contributed by atoms with van der Waals surface area (Å²) in [6.07, 6.45) is 1.61. The smallest absolute Gasteiger partial charge is 0.338 e. The maximum absolute atomic E-state index is 12.8. The van der Waals surface area contributed by atoms with Crippen LogP contribution in [0.15, 0.2) is 53.7 Å². The Kier molecular flexibility index (Phi) is 5.96. The van der Waals surface area contributed by atoms with E-state index in [1.165, 1.54) is 10.5 Å². The van der Waals surface area contributed by atoms with E-state index < -0.39 is 6.04 Å². The van der Waals surface area contributed by atoms with Crippen molar-refractivity contribution in [1.82, 2.24) is 10.2 Å². The van der Waals surface area contributed by atoms with E-state index in [1.807, 2.05) is 37.3 Å². The molecule has 1 aromatic carbocycles. The van der Waals surface area contributed by atoms with E-state index in [0.717, 1.165) is 22.6 Å². The van der Waals surface area contributed by atoms with Gasteiger partial charge in [0.05, 0.1) is 18.2 Å². The molecule has 0 saturated carbocycles. The predicted molar refractivity (Wildman–Crippen MR) is 107 cm³/mol. The van der Waals surface area contributed by atoms with Gasteiger partial charge >= 0.3 is 12.0 Å². The van der Waals surface area contributed by atoms with Crippen molar-refractivity contribution in [3.63, 3.8) is 0 Å². The Morgan fingerprint density at radius 3 is 2.59 bits per heavy atom. The van der Waals surface area contributed by atoms with Crippen molar-refractivity contribution < 1.29 is 14.3 Å². The molecule has 1 aliphatic rings. The second kappa shape index (κ2) is 8.39. The first kappa shape index (κ1) is 19.2. The number of nitrogens with zero attached hydrogens (tertiary/aromatic N) is 1. The van der Waals surface area contributed by atoms with Gasteiger partial charge in [-0.05, 0) is 44.4 Å². The standard InChI is InChI=1S/C21H24N2O3S/c1-14-11-12-17(27-14)19-18(15(2)23(3)21(25)22-19)20(24)26-13-7-10-16-8-5-4-6-9-16/h4-6,8-9,11-12,19H,7,10,13H2,1-3H3,(H,22,25). The van der Waals surface area contributed by atoms with Crippen molar-refractivity contribution in [3.05, 3.63) is 69.1 Å². The van der Waals surface area contributed by atoms with Crippen LogP contribution < -0.4 is 5.32 Å². The third-order valence-corrected chi connectivity index (χ3v) is 5.77. The Bertz CT molecular complexity index is 857. The number of amides is 2. The zero-order valence-electron chi connectivity index (χ0n) is 15.8. The maximum atomic E-state index is 12.8. The average molecular weight is 385 g/mol. The lowest BCUT2D eigenvalue weighted by Gasteiger charge is -2.32. The van der Waals surface area contributed by atoms with Crippen LogP contribution in [0.25, 0.3) is 0 Å². The number of carbonyl (C=O) groups is 2. The molecule has 0 spiro atoms. The van der Waals surface area contributed by atoms with Gasteiger partial charge in [-0.1, -0.05) is 30.3 Å². The number of ether oxygens (including phenoxy) is 1. The first-order valence-electron chi connectivity index (χ1n) is 8.99. The molecule has 0 aliphatic carbocycles. The number of nitrogens with one attached hydrogen (secondary N) is 1. The number of hydrogen-bond donors (Lipinski definition) is 1. The molecule has 5 nitrogen and oxygen atoms in total. The molecule has 0 fully saturated rings. The Balaban J connectivity index is 1.70. The van der Waals surface area contributed by atoms with Gasteiger partial charge in [0.1, 0.15) is 0 Å². The normalized spacial score (nSPS) is 17.1. The summed E-state index contributed by atoms with van der Waals surface area (Å²) in [5.74, 6) is -0.372. The molecule has 2 heterocycles. The molecule has 1 aromatic heterocycles. The highest BCUT2D eigenvalue weighted by molar-refractivity contribution is 7.12. The van der Waals surface area contributed by atoms with Crippen molar-refractivity contribution in [3.8, 4) is 0 Å². The molecule has 2 amide bonds. The van der Waals surface area contributed by atoms with Crippen LogP contribution >= 0.6 is 11.3 Å². The number of benzene rings is 1. The third kappa shape index (κ3) is 4.39. The van der Waals surface area contributed by atoms with Crippen LogP contribution in [0.3, 0.4) is 0 Å². The number of hydrogen-bond acceptors (Lipinski definition) is 4. The summed E-state index contributed by atoms with van der Waals surface area (Å²) in [6, 6.07) is 13.4. The number of allylic oxidation sites excluding steroid dienone is 1. The van der Waals surface area contributed by atoms with Gasteiger partial charge in [0.25, 0.3) is 0 Å². The second-order valence-electron chi connectivity index (χ2n) is 6.61. The van der Waals surface area contributed by atoms with E-state index in [0.29, 0.717) is 17.9 Å². The van der Waals surface area contributed by atoms with Crippen molar-refractivity contribution in [2.24, 2.45) is 0 Å². The molecule has 1 aliphatic heterocycles. The van der Waals surface area contributed by atoms with Crippen molar-refractivity contribution in [2.45, 2.75) is 32.7 Å². The molecule has 27 heavy (non-hydrogen) atoms. The van der Waals surface area contributed by atoms with Gasteiger partial charge in [0, 0.05) is 22.5 Å². The number of carbonyl (C=O) groups excluding carboxylic acids is 2. The van der Waals surface area contributed by atoms with Crippen molar-refractivity contribution in [2.75, 3.05) is 13.7 Å². The van der Waals surface area contributed by atoms with Gasteiger partial charge in [-0.15, -0.1) is 11.3 Å². The Labute approximate surface area is 163 Å². The van der Waals surface area contributed by atoms with E-state index in [9.17, 15) is 9.59 Å². The molecular weight excluding hydrogens is 360 g/mol. The lowest BCUT2D eigenvalue weighted by atomic mass is 10.0. The fourth-order valence-corrected chi connectivity index (χ4v) is 4.02. The fraction of sp³-hybridized carbons (Fsp3) is 0.333. The molecule has 3 rings (SSSR count). The number of esters is 1. The van der Waals surface area contributed by atoms with Crippen LogP contribution in [0, 0.1) is 6.92 Å². The summed E-state index contributed by atoms with van der Waals surface area (Å²) in [7, 11) is 1.66. The zero-order valence-corrected chi connectivity index (χ0v) is 16.6. The van der Waals surface area contributed by atoms with E-state index >= 15 is 0 Å². The molecule has 1 unspecified atom stereocenters. The minimum atomic E-state index is -0.464. The molecule has 142 valence electrons. The Hall–Kier alpha value is -2.60. The highest BCUT2D eigenvalue weighted by atomic mass is 32.1. The molecule has 1 N–H and O–H groups in total. The number of urea groups is 1. The highest BCUT2D eigenvalue weighted by Gasteiger charge is 2.35. The lowest BCUT2D eigenvalue weighted by Crippen LogP contribution is -2.46. The molecule has 0 radical (unpaired) electrons. The number of thiophene rings is 1. The van der Waals surface area contributed by atoms with E-state index in [-0.39, 0.29) is 12.0 Å². The third-order valence-electron chi connectivity index (χ3n) is 4.71. The molecule has 0 bridgehead atoms. The van der Waals surface area contributed by atoms with Crippen LogP contribution in [0.5, 0.6) is 0 Å². The Morgan fingerprint density at radius 1 is 1.19 bits per heavy atom. The van der Waals surface area contributed by atoms with Crippen molar-refractivity contribution in [1.29, 1.82) is 0 Å². The molecule has 2 aromatic rings. The van der Waals surface area contributed by atoms with Crippen LogP contribution in [0.1, 0.15) is 34.7 Å². The van der Waals surface area contributed by atoms with Gasteiger partial charge < -0.3 is 15.0 Å². The number of rotatable bonds is 6. The molecular formula is C21H24N2O3S. The summed E-state index contributed by atoms with van der Waals surface area (Å²) in [5, 5.41) is 2.91. The summed E-state index contributed by atoms with van der Waals surface area (Å²) in [5.41, 5.74) is 2.35. The first-order chi connectivity index (χ1) is 13.0. The Morgan fingerprint density at radius 2 is 1.93 bits per heavy atom. The second-order valence-corrected chi connectivity index (χ2v) is 7.93. The van der Waals surface area contributed by atoms with Crippen LogP contribution in [-0.2, 0) is 16.0 Å². The van der Waals surface area contributed by atoms with Gasteiger partial charge in [-0.2, -0.15) is 0 Å². The van der Waals surface area contributed by atoms with Crippen molar-refractivity contribution >= 4 is 23.3 Å². The molecule has 1 atom stereocenters. The minimum absolute atomic E-state index is 0.218. The maximum Gasteiger partial charge on any atom is 0.338 e. The quantitative estimate of drug-likeness (QED) is 0.600. The SMILES string of the molecule is CC1=C(C(=O)OCCCc2ccccc2)C(c2ccc(C)s2)NC(=O)N1C. The largest absolute Gasteiger partial charge is 0.462 e. The highest BCUT2D eigenvalue weighted by Crippen LogP contribution is 2.34. The van der Waals surface area contributed by atoms with E-state index in [4.69, 9.17) is 4.74 Å². The number of aryl methyl sites for hydroxylation is 2. The van der Waals surface area contributed by atoms with Crippen LogP contribution in [0.2, 0.25) is 0 Å². The van der Waals surface area contributed by atoms with E-state index in [2.05, 4.69) is 17.4 Å². The first-order valence-corrected chi connectivity index (χ1v) is 9.81. The van der Waals surface area contributed by atoms with E-state index in [1.54, 1.807) is 25.3 Å². The predicted octanol–water partition coefficient (Wildman–Crippen LogP) is 4.20. The van der Waals surface area contributed by atoms with Gasteiger partial charge in [-0.3, -0.25) is 0 Å². The summed E-state index contributed by atoms with van der Waals surface area (Å²) in [6.45, 7) is 4.13. The van der Waals surface area contributed by atoms with Crippen LogP contribution in [-0.4, -0.2) is 30.6 Å². The topological polar surface area (TPSA) is 58.6 Å². The lowest BCUT2D eigenvalue weighted by molar-refractivity contribution is -0.139. The zero-order chi connectivity index (χ0) is 19.4. The minimum Gasteiger partial charge on any atom is -0.462 e. The van der Waals surface area contributed by atoms with Crippen LogP contribution in [0.4, 0.5) is 4.79 Å². The van der Waals surface area contributed by atoms with Gasteiger partial charge in [0.15, 0.2) is 0 Å². The average Bonchev–Trinajstić information content (AvgIpc) is 3.10. The summed E-state index contributed by atoms with van der Waals surface area (Å²) >= 11 is 1.57. The molecule has 6 heteroatoms. The molecule has 0 saturated heterocycles. The van der Waals surface area contributed by atoms with Gasteiger partial charge in [0.2, 0.25) is 0 Å². The summed E-state index contributed by atoms with van der Waals surface area (Å²) in [4.78, 5) is 28.5. The monoisotopic (exact) mass is 384 g/mol. The summed E-state index contributed by atoms with van der Waals surface area (Å²) < 4.78 is 5.55.